The summed E-state index contributed by atoms with van der Waals surface area (Å²) in [5.41, 5.74) is 2.56. The zero-order valence-electron chi connectivity index (χ0n) is 19.1. The minimum Gasteiger partial charge on any atom is -0.496 e. The highest BCUT2D eigenvalue weighted by molar-refractivity contribution is 9.11. The quantitative estimate of drug-likeness (QED) is 0.183. The van der Waals surface area contributed by atoms with Crippen LogP contribution in [0.4, 0.5) is 0 Å². The Hall–Kier alpha value is -2.16. The van der Waals surface area contributed by atoms with Gasteiger partial charge in [0.05, 0.1) is 35.1 Å². The van der Waals surface area contributed by atoms with E-state index in [1.165, 1.54) is 7.11 Å². The van der Waals surface area contributed by atoms with Gasteiger partial charge in [-0.2, -0.15) is 0 Å². The molecule has 0 atom stereocenters. The zero-order valence-corrected chi connectivity index (χ0v) is 23.8. The molecule has 8 heteroatoms. The molecule has 178 valence electrons. The third-order valence-electron chi connectivity index (χ3n) is 5.13. The Balaban J connectivity index is 2.12. The predicted octanol–water partition coefficient (Wildman–Crippen LogP) is 7.84. The lowest BCUT2D eigenvalue weighted by Crippen LogP contribution is -2.07. The van der Waals surface area contributed by atoms with Crippen LogP contribution < -0.4 is 9.47 Å². The second kappa shape index (κ2) is 11.5. The molecule has 0 aliphatic rings. The van der Waals surface area contributed by atoms with Crippen molar-refractivity contribution < 1.29 is 23.8 Å². The Morgan fingerprint density at radius 2 is 1.59 bits per heavy atom. The molecule has 0 N–H and O–H groups in total. The van der Waals surface area contributed by atoms with E-state index < -0.39 is 0 Å². The Bertz CT molecular complexity index is 1210. The van der Waals surface area contributed by atoms with Crippen molar-refractivity contribution in [1.29, 1.82) is 0 Å². The normalized spacial score (nSPS) is 10.8. The van der Waals surface area contributed by atoms with E-state index in [4.69, 9.17) is 14.2 Å². The minimum atomic E-state index is -0.342. The fourth-order valence-corrected chi connectivity index (χ4v) is 5.25. The van der Waals surface area contributed by atoms with Crippen LogP contribution in [0.15, 0.2) is 61.9 Å². The van der Waals surface area contributed by atoms with Gasteiger partial charge in [0.1, 0.15) is 11.5 Å². The van der Waals surface area contributed by atoms with Gasteiger partial charge < -0.3 is 14.2 Å². The molecule has 0 fully saturated rings. The first-order valence-corrected chi connectivity index (χ1v) is 12.8. The first-order valence-electron chi connectivity index (χ1n) is 10.4. The summed E-state index contributed by atoms with van der Waals surface area (Å²) < 4.78 is 18.7. The van der Waals surface area contributed by atoms with Gasteiger partial charge in [-0.05, 0) is 79.7 Å². The highest BCUT2D eigenvalue weighted by atomic mass is 79.9. The molecule has 3 aromatic carbocycles. The van der Waals surface area contributed by atoms with E-state index in [1.54, 1.807) is 37.4 Å². The summed E-state index contributed by atoms with van der Waals surface area (Å²) in [6, 6.07) is 14.3. The summed E-state index contributed by atoms with van der Waals surface area (Å²) in [4.78, 5) is 25.2. The molecular formula is C26H23Br3O5. The highest BCUT2D eigenvalue weighted by Gasteiger charge is 2.22. The van der Waals surface area contributed by atoms with Crippen molar-refractivity contribution in [3.63, 3.8) is 0 Å². The van der Waals surface area contributed by atoms with Crippen molar-refractivity contribution in [3.8, 4) is 17.2 Å². The fraction of sp³-hybridized carbons (Fsp3) is 0.231. The number of carbonyl (C=O) groups excluding carboxylic acids is 2. The SMILES string of the molecule is COC(=O)Cc1cc(Br)c(Oc2cc(C(C)C)c(OC)cc2C(=O)c2cccc(Br)c2)c(Br)c1. The first-order chi connectivity index (χ1) is 16.1. The number of methoxy groups -OCH3 is 2. The number of esters is 1. The van der Waals surface area contributed by atoms with Gasteiger partial charge in [0.25, 0.3) is 0 Å². The van der Waals surface area contributed by atoms with Crippen LogP contribution in [-0.4, -0.2) is 26.0 Å². The van der Waals surface area contributed by atoms with Crippen LogP contribution in [0.3, 0.4) is 0 Å². The van der Waals surface area contributed by atoms with Crippen LogP contribution in [0.5, 0.6) is 17.2 Å². The van der Waals surface area contributed by atoms with Crippen molar-refractivity contribution in [3.05, 3.63) is 84.2 Å². The van der Waals surface area contributed by atoms with Crippen molar-refractivity contribution in [2.45, 2.75) is 26.2 Å². The molecule has 3 aromatic rings. The van der Waals surface area contributed by atoms with Crippen LogP contribution in [0, 0.1) is 0 Å². The number of ether oxygens (including phenoxy) is 3. The van der Waals surface area contributed by atoms with Gasteiger partial charge in [0.2, 0.25) is 0 Å². The Morgan fingerprint density at radius 3 is 2.15 bits per heavy atom. The molecule has 0 aliphatic carbocycles. The van der Waals surface area contributed by atoms with Gasteiger partial charge in [-0.25, -0.2) is 0 Å². The number of carbonyl (C=O) groups is 2. The lowest BCUT2D eigenvalue weighted by molar-refractivity contribution is -0.139. The number of rotatable bonds is 8. The summed E-state index contributed by atoms with van der Waals surface area (Å²) in [5.74, 6) is 1.10. The molecule has 0 bridgehead atoms. The summed E-state index contributed by atoms with van der Waals surface area (Å²) in [6.45, 7) is 4.09. The van der Waals surface area contributed by atoms with Crippen LogP contribution >= 0.6 is 47.8 Å². The molecule has 0 saturated carbocycles. The Kier molecular flexibility index (Phi) is 8.95. The first kappa shape index (κ1) is 26.4. The molecule has 0 heterocycles. The largest absolute Gasteiger partial charge is 0.496 e. The molecule has 34 heavy (non-hydrogen) atoms. The van der Waals surface area contributed by atoms with E-state index in [9.17, 15) is 9.59 Å². The summed E-state index contributed by atoms with van der Waals surface area (Å²) in [6.07, 6.45) is 0.126. The molecule has 5 nitrogen and oxygen atoms in total. The summed E-state index contributed by atoms with van der Waals surface area (Å²) in [5, 5.41) is 0. The number of halogens is 3. The molecule has 0 radical (unpaired) electrons. The number of hydrogen-bond acceptors (Lipinski definition) is 5. The highest BCUT2D eigenvalue weighted by Crippen LogP contribution is 2.42. The van der Waals surface area contributed by atoms with Gasteiger partial charge in [-0.3, -0.25) is 9.59 Å². The topological polar surface area (TPSA) is 61.8 Å². The average molecular weight is 655 g/mol. The number of ketones is 1. The maximum Gasteiger partial charge on any atom is 0.309 e. The maximum absolute atomic E-state index is 13.5. The van der Waals surface area contributed by atoms with Crippen molar-refractivity contribution >= 4 is 59.5 Å². The molecule has 0 unspecified atom stereocenters. The second-order valence-electron chi connectivity index (χ2n) is 7.83. The number of hydrogen-bond donors (Lipinski definition) is 0. The molecule has 3 rings (SSSR count). The molecular weight excluding hydrogens is 632 g/mol. The van der Waals surface area contributed by atoms with Gasteiger partial charge in [-0.15, -0.1) is 0 Å². The average Bonchev–Trinajstić information content (AvgIpc) is 2.80. The fourth-order valence-electron chi connectivity index (χ4n) is 3.41. The molecule has 0 amide bonds. The van der Waals surface area contributed by atoms with Crippen molar-refractivity contribution in [1.82, 2.24) is 0 Å². The van der Waals surface area contributed by atoms with Gasteiger partial charge >= 0.3 is 5.97 Å². The van der Waals surface area contributed by atoms with Crippen molar-refractivity contribution in [2.24, 2.45) is 0 Å². The Morgan fingerprint density at radius 1 is 0.912 bits per heavy atom. The van der Waals surface area contributed by atoms with Crippen molar-refractivity contribution in [2.75, 3.05) is 14.2 Å². The van der Waals surface area contributed by atoms with Crippen LogP contribution in [0.25, 0.3) is 0 Å². The van der Waals surface area contributed by atoms with E-state index in [-0.39, 0.29) is 24.1 Å². The standard InChI is InChI=1S/C26H23Br3O5/c1-14(2)18-12-23(34-26-20(28)8-15(9-21(26)29)10-24(30)33-4)19(13-22(18)32-3)25(31)16-6-5-7-17(27)11-16/h5-9,11-14H,10H2,1-4H3. The minimum absolute atomic E-state index is 0.126. The third-order valence-corrected chi connectivity index (χ3v) is 6.80. The lowest BCUT2D eigenvalue weighted by Gasteiger charge is -2.19. The van der Waals surface area contributed by atoms with E-state index in [2.05, 4.69) is 47.8 Å². The van der Waals surface area contributed by atoms with E-state index in [0.29, 0.717) is 37.3 Å². The van der Waals surface area contributed by atoms with Crippen LogP contribution in [0.2, 0.25) is 0 Å². The van der Waals surface area contributed by atoms with Gasteiger partial charge in [0.15, 0.2) is 11.5 Å². The van der Waals surface area contributed by atoms with E-state index in [1.807, 2.05) is 32.0 Å². The Labute approximate surface area is 224 Å². The zero-order chi connectivity index (χ0) is 25.0. The third kappa shape index (κ3) is 6.09. The maximum atomic E-state index is 13.5. The smallest absolute Gasteiger partial charge is 0.309 e. The molecule has 0 spiro atoms. The van der Waals surface area contributed by atoms with Gasteiger partial charge in [-0.1, -0.05) is 41.9 Å². The predicted molar refractivity (Wildman–Crippen MR) is 142 cm³/mol. The van der Waals surface area contributed by atoms with E-state index in [0.717, 1.165) is 15.6 Å². The monoisotopic (exact) mass is 652 g/mol. The summed E-state index contributed by atoms with van der Waals surface area (Å²) >= 11 is 10.5. The molecule has 0 aromatic heterocycles. The van der Waals surface area contributed by atoms with E-state index >= 15 is 0 Å². The van der Waals surface area contributed by atoms with Crippen LogP contribution in [-0.2, 0) is 16.0 Å². The van der Waals surface area contributed by atoms with Crippen LogP contribution in [0.1, 0.15) is 46.8 Å². The molecule has 0 aliphatic heterocycles. The second-order valence-corrected chi connectivity index (χ2v) is 10.5. The lowest BCUT2D eigenvalue weighted by atomic mass is 9.95. The van der Waals surface area contributed by atoms with Gasteiger partial charge in [0, 0.05) is 15.6 Å². The molecule has 0 saturated heterocycles. The summed E-state index contributed by atoms with van der Waals surface area (Å²) in [7, 11) is 2.94. The number of benzene rings is 3.